The monoisotopic (exact) mass is 202 g/mol. The van der Waals surface area contributed by atoms with Gasteiger partial charge in [-0.3, -0.25) is 0 Å². The molecule has 2 unspecified atom stereocenters. The van der Waals surface area contributed by atoms with Crippen LogP contribution in [-0.4, -0.2) is 12.6 Å². The van der Waals surface area contributed by atoms with Crippen LogP contribution in [0.4, 0.5) is 11.4 Å². The highest BCUT2D eigenvalue weighted by Crippen LogP contribution is 2.40. The second-order valence-electron chi connectivity index (χ2n) is 5.09. The molecule has 2 nitrogen and oxygen atoms in total. The maximum atomic E-state index is 5.90. The van der Waals surface area contributed by atoms with Crippen molar-refractivity contribution in [1.29, 1.82) is 0 Å². The second-order valence-corrected chi connectivity index (χ2v) is 5.09. The van der Waals surface area contributed by atoms with E-state index in [1.807, 2.05) is 6.07 Å². The summed E-state index contributed by atoms with van der Waals surface area (Å²) in [7, 11) is 0. The van der Waals surface area contributed by atoms with Crippen LogP contribution in [0.1, 0.15) is 24.8 Å². The second kappa shape index (κ2) is 3.16. The Labute approximate surface area is 91.1 Å². The molecule has 1 saturated heterocycles. The number of hydrogen-bond acceptors (Lipinski definition) is 2. The van der Waals surface area contributed by atoms with Crippen LogP contribution in [0.15, 0.2) is 18.2 Å². The van der Waals surface area contributed by atoms with Crippen molar-refractivity contribution in [2.45, 2.75) is 32.2 Å². The number of benzene rings is 1. The fourth-order valence-corrected chi connectivity index (χ4v) is 3.20. The largest absolute Gasteiger partial charge is 0.399 e. The fraction of sp³-hybridized carbons (Fsp3) is 0.538. The molecule has 1 aromatic carbocycles. The fourth-order valence-electron chi connectivity index (χ4n) is 3.20. The van der Waals surface area contributed by atoms with Gasteiger partial charge in [0.05, 0.1) is 0 Å². The van der Waals surface area contributed by atoms with E-state index < -0.39 is 0 Å². The minimum absolute atomic E-state index is 0.788. The van der Waals surface area contributed by atoms with Crippen LogP contribution >= 0.6 is 0 Å². The molecule has 2 bridgehead atoms. The van der Waals surface area contributed by atoms with Crippen molar-refractivity contribution in [3.63, 3.8) is 0 Å². The summed E-state index contributed by atoms with van der Waals surface area (Å²) in [6.07, 6.45) is 4.20. The molecule has 0 radical (unpaired) electrons. The standard InChI is InChI=1S/C13H18N2/c1-9-4-11(14)7-13(5-9)15-8-10-2-3-12(15)6-10/h4-5,7,10,12H,2-3,6,8,14H2,1H3. The average Bonchev–Trinajstić information content (AvgIpc) is 2.76. The molecule has 0 amide bonds. The molecule has 1 aliphatic heterocycles. The Morgan fingerprint density at radius 2 is 2.13 bits per heavy atom. The summed E-state index contributed by atoms with van der Waals surface area (Å²) in [4.78, 5) is 2.55. The molecule has 2 N–H and O–H groups in total. The lowest BCUT2D eigenvalue weighted by Crippen LogP contribution is -2.31. The van der Waals surface area contributed by atoms with E-state index in [4.69, 9.17) is 5.73 Å². The lowest BCUT2D eigenvalue weighted by atomic mass is 10.1. The van der Waals surface area contributed by atoms with Gasteiger partial charge in [-0.25, -0.2) is 0 Å². The maximum absolute atomic E-state index is 5.90. The van der Waals surface area contributed by atoms with Crippen molar-refractivity contribution in [2.75, 3.05) is 17.2 Å². The number of rotatable bonds is 1. The first-order valence-electron chi connectivity index (χ1n) is 5.86. The lowest BCUT2D eigenvalue weighted by molar-refractivity contribution is 0.553. The van der Waals surface area contributed by atoms with Gasteiger partial charge in [-0.05, 0) is 55.9 Å². The molecule has 1 aromatic rings. The molecule has 0 spiro atoms. The van der Waals surface area contributed by atoms with Crippen LogP contribution < -0.4 is 10.6 Å². The van der Waals surface area contributed by atoms with Gasteiger partial charge in [-0.15, -0.1) is 0 Å². The number of piperidine rings is 1. The molecule has 0 aromatic heterocycles. The zero-order chi connectivity index (χ0) is 10.4. The van der Waals surface area contributed by atoms with Gasteiger partial charge in [0, 0.05) is 24.0 Å². The molecule has 80 valence electrons. The van der Waals surface area contributed by atoms with E-state index in [1.165, 1.54) is 37.1 Å². The zero-order valence-electron chi connectivity index (χ0n) is 9.24. The molecule has 2 fully saturated rings. The number of fused-ring (bicyclic) bond motifs is 2. The molecule has 1 heterocycles. The SMILES string of the molecule is Cc1cc(N)cc(N2CC3CCC2C3)c1. The predicted octanol–water partition coefficient (Wildman–Crippen LogP) is 2.57. The number of aryl methyl sites for hydroxylation is 1. The van der Waals surface area contributed by atoms with Gasteiger partial charge < -0.3 is 10.6 Å². The number of nitrogens with two attached hydrogens (primary N) is 1. The summed E-state index contributed by atoms with van der Waals surface area (Å²) < 4.78 is 0. The minimum atomic E-state index is 0.788. The Bertz CT molecular complexity index is 366. The van der Waals surface area contributed by atoms with Crippen molar-refractivity contribution in [2.24, 2.45) is 5.92 Å². The van der Waals surface area contributed by atoms with E-state index in [2.05, 4.69) is 24.0 Å². The Hall–Kier alpha value is -1.18. The summed E-state index contributed by atoms with van der Waals surface area (Å²) in [5, 5.41) is 0. The van der Waals surface area contributed by atoms with Crippen LogP contribution in [0, 0.1) is 12.8 Å². The predicted molar refractivity (Wildman–Crippen MR) is 64.1 cm³/mol. The zero-order valence-corrected chi connectivity index (χ0v) is 9.24. The van der Waals surface area contributed by atoms with Gasteiger partial charge in [0.2, 0.25) is 0 Å². The highest BCUT2D eigenvalue weighted by Gasteiger charge is 2.37. The van der Waals surface area contributed by atoms with E-state index in [-0.39, 0.29) is 0 Å². The van der Waals surface area contributed by atoms with Gasteiger partial charge in [0.15, 0.2) is 0 Å². The molecule has 2 aliphatic rings. The van der Waals surface area contributed by atoms with Gasteiger partial charge >= 0.3 is 0 Å². The van der Waals surface area contributed by atoms with Crippen molar-refractivity contribution < 1.29 is 0 Å². The minimum Gasteiger partial charge on any atom is -0.399 e. The van der Waals surface area contributed by atoms with Crippen molar-refractivity contribution in [1.82, 2.24) is 0 Å². The molecule has 2 heteroatoms. The van der Waals surface area contributed by atoms with E-state index in [0.29, 0.717) is 0 Å². The van der Waals surface area contributed by atoms with Gasteiger partial charge in [-0.1, -0.05) is 0 Å². The van der Waals surface area contributed by atoms with E-state index in [1.54, 1.807) is 0 Å². The quantitative estimate of drug-likeness (QED) is 0.709. The normalized spacial score (nSPS) is 28.7. The summed E-state index contributed by atoms with van der Waals surface area (Å²) in [5.41, 5.74) is 9.40. The van der Waals surface area contributed by atoms with E-state index in [9.17, 15) is 0 Å². The molecule has 15 heavy (non-hydrogen) atoms. The van der Waals surface area contributed by atoms with E-state index in [0.717, 1.165) is 17.6 Å². The first-order chi connectivity index (χ1) is 7.22. The third-order valence-electron chi connectivity index (χ3n) is 3.83. The Morgan fingerprint density at radius 3 is 2.73 bits per heavy atom. The number of anilines is 2. The number of nitrogen functional groups attached to an aromatic ring is 1. The van der Waals surface area contributed by atoms with Crippen molar-refractivity contribution >= 4 is 11.4 Å². The molecule has 2 atom stereocenters. The topological polar surface area (TPSA) is 29.3 Å². The third kappa shape index (κ3) is 1.48. The van der Waals surface area contributed by atoms with Crippen molar-refractivity contribution in [3.8, 4) is 0 Å². The van der Waals surface area contributed by atoms with Crippen molar-refractivity contribution in [3.05, 3.63) is 23.8 Å². The molecule has 1 aliphatic carbocycles. The first-order valence-corrected chi connectivity index (χ1v) is 5.86. The molecule has 1 saturated carbocycles. The third-order valence-corrected chi connectivity index (χ3v) is 3.83. The Kier molecular flexibility index (Phi) is 1.91. The van der Waals surface area contributed by atoms with Crippen LogP contribution in [0.3, 0.4) is 0 Å². The molecular weight excluding hydrogens is 184 g/mol. The molecule has 3 rings (SSSR count). The summed E-state index contributed by atoms with van der Waals surface area (Å²) in [6, 6.07) is 7.21. The van der Waals surface area contributed by atoms with Gasteiger partial charge in [0.25, 0.3) is 0 Å². The summed E-state index contributed by atoms with van der Waals surface area (Å²) >= 11 is 0. The highest BCUT2D eigenvalue weighted by atomic mass is 15.2. The van der Waals surface area contributed by atoms with Crippen LogP contribution in [0.5, 0.6) is 0 Å². The summed E-state index contributed by atoms with van der Waals surface area (Å²) in [6.45, 7) is 3.36. The van der Waals surface area contributed by atoms with Crippen LogP contribution in [0.25, 0.3) is 0 Å². The molecular formula is C13H18N2. The Balaban J connectivity index is 1.93. The van der Waals surface area contributed by atoms with Crippen LogP contribution in [0.2, 0.25) is 0 Å². The highest BCUT2D eigenvalue weighted by molar-refractivity contribution is 5.59. The Morgan fingerprint density at radius 1 is 1.27 bits per heavy atom. The van der Waals surface area contributed by atoms with Gasteiger partial charge in [-0.2, -0.15) is 0 Å². The van der Waals surface area contributed by atoms with E-state index >= 15 is 0 Å². The number of hydrogen-bond donors (Lipinski definition) is 1. The summed E-state index contributed by atoms with van der Waals surface area (Å²) in [5.74, 6) is 0.941. The smallest absolute Gasteiger partial charge is 0.0392 e. The maximum Gasteiger partial charge on any atom is 0.0392 e. The van der Waals surface area contributed by atoms with Gasteiger partial charge in [0.1, 0.15) is 0 Å². The number of nitrogens with zero attached hydrogens (tertiary/aromatic N) is 1. The average molecular weight is 202 g/mol. The lowest BCUT2D eigenvalue weighted by Gasteiger charge is -2.29. The van der Waals surface area contributed by atoms with Crippen LogP contribution in [-0.2, 0) is 0 Å². The first kappa shape index (κ1) is 9.08.